The van der Waals surface area contributed by atoms with Gasteiger partial charge >= 0.3 is 0 Å². The van der Waals surface area contributed by atoms with Crippen LogP contribution in [0.15, 0.2) is 144 Å². The Kier molecular flexibility index (Phi) is 12.4. The van der Waals surface area contributed by atoms with Crippen molar-refractivity contribution < 1.29 is 5.32 Å². The van der Waals surface area contributed by atoms with E-state index in [0.717, 1.165) is 19.3 Å². The smallest absolute Gasteiger partial charge is 0.133 e. The van der Waals surface area contributed by atoms with Gasteiger partial charge in [0.25, 0.3) is 0 Å². The van der Waals surface area contributed by atoms with Gasteiger partial charge in [-0.3, -0.25) is 0 Å². The van der Waals surface area contributed by atoms with Crippen molar-refractivity contribution in [2.24, 2.45) is 5.41 Å². The number of nitrogens with zero attached hydrogens (tertiary/aromatic N) is 1. The summed E-state index contributed by atoms with van der Waals surface area (Å²) in [5, 5.41) is 4.90. The lowest BCUT2D eigenvalue weighted by molar-refractivity contribution is -0.540. The Hall–Kier alpha value is -3.88. The molecule has 0 radical (unpaired) electrons. The van der Waals surface area contributed by atoms with Crippen molar-refractivity contribution in [3.8, 4) is 0 Å². The predicted molar refractivity (Wildman–Crippen MR) is 195 cm³/mol. The summed E-state index contributed by atoms with van der Waals surface area (Å²) in [5.74, 6) is 0. The molecule has 3 rings (SSSR count). The third-order valence-electron chi connectivity index (χ3n) is 8.78. The molecule has 2 aromatic rings. The zero-order valence-corrected chi connectivity index (χ0v) is 28.7. The van der Waals surface area contributed by atoms with Crippen molar-refractivity contribution in [1.29, 1.82) is 0 Å². The molecule has 0 spiro atoms. The standard InChI is InChI=1S/C42H54N2/c1-11-13-20-35-21-17-29-44(10)39(42(7,8)33(4)31-35)27-24-34(18-12-2)30-32(3)19-16-28-41(5,6)40-37-23-15-14-22-36(37)25-26-38(40)43-9/h11,13-17,19-27,29-31,43H,1,12,18,28H2,2-10H3/p+1/b19-16+,20-13-,29-17+,32-30+,33-31+,34-24+,35-21-,39-27+. The van der Waals surface area contributed by atoms with Gasteiger partial charge in [0.2, 0.25) is 0 Å². The van der Waals surface area contributed by atoms with E-state index in [9.17, 15) is 0 Å². The third-order valence-corrected chi connectivity index (χ3v) is 8.78. The number of quaternary nitrogens is 1. The quantitative estimate of drug-likeness (QED) is 0.205. The van der Waals surface area contributed by atoms with Crippen LogP contribution in [0.4, 0.5) is 5.69 Å². The van der Waals surface area contributed by atoms with Crippen molar-refractivity contribution in [3.05, 3.63) is 150 Å². The maximum Gasteiger partial charge on any atom is 0.133 e. The molecule has 1 aliphatic rings. The van der Waals surface area contributed by atoms with Crippen LogP contribution in [-0.2, 0) is 5.41 Å². The van der Waals surface area contributed by atoms with E-state index in [4.69, 9.17) is 0 Å². The van der Waals surface area contributed by atoms with E-state index >= 15 is 0 Å². The normalized spacial score (nSPS) is 20.8. The highest BCUT2D eigenvalue weighted by Gasteiger charge is 2.28. The second-order valence-corrected chi connectivity index (χ2v) is 13.1. The molecule has 0 saturated heterocycles. The van der Waals surface area contributed by atoms with Crippen molar-refractivity contribution in [3.63, 3.8) is 0 Å². The fourth-order valence-corrected chi connectivity index (χ4v) is 6.04. The Balaban J connectivity index is 1.90. The third kappa shape index (κ3) is 8.83. The molecule has 0 fully saturated rings. The Labute approximate surface area is 268 Å². The number of fused-ring (bicyclic) bond motifs is 1. The maximum absolute atomic E-state index is 3.82. The molecule has 0 saturated carbocycles. The van der Waals surface area contributed by atoms with E-state index in [1.807, 2.05) is 12.2 Å². The highest BCUT2D eigenvalue weighted by atomic mass is 15.1. The number of hydrogen-bond donors (Lipinski definition) is 1. The molecular formula is C42H55N2+. The summed E-state index contributed by atoms with van der Waals surface area (Å²) in [5.41, 5.74) is 9.00. The molecule has 2 aromatic carbocycles. The zero-order chi connectivity index (χ0) is 32.3. The van der Waals surface area contributed by atoms with Crippen molar-refractivity contribution >= 4 is 16.5 Å². The summed E-state index contributed by atoms with van der Waals surface area (Å²) in [4.78, 5) is 2.25. The van der Waals surface area contributed by atoms with Gasteiger partial charge in [0, 0.05) is 29.9 Å². The van der Waals surface area contributed by atoms with Gasteiger partial charge in [-0.25, -0.2) is 0 Å². The number of hydrogen-bond acceptors (Lipinski definition) is 1. The summed E-state index contributed by atoms with van der Waals surface area (Å²) >= 11 is 0. The van der Waals surface area contributed by atoms with Crippen LogP contribution in [0.3, 0.4) is 0 Å². The predicted octanol–water partition coefficient (Wildman–Crippen LogP) is 10.5. The fraction of sp³-hybridized carbons (Fsp3) is 0.333. The zero-order valence-electron chi connectivity index (χ0n) is 28.7. The summed E-state index contributed by atoms with van der Waals surface area (Å²) in [7, 11) is 4.29. The van der Waals surface area contributed by atoms with Gasteiger partial charge in [-0.05, 0) is 78.3 Å². The summed E-state index contributed by atoms with van der Waals surface area (Å²) in [6.07, 6.45) is 29.4. The lowest BCUT2D eigenvalue weighted by atomic mass is 9.78. The van der Waals surface area contributed by atoms with Crippen molar-refractivity contribution in [1.82, 2.24) is 4.90 Å². The van der Waals surface area contributed by atoms with Gasteiger partial charge in [0.05, 0.1) is 7.05 Å². The molecule has 0 atom stereocenters. The molecule has 44 heavy (non-hydrogen) atoms. The molecule has 2 heteroatoms. The minimum absolute atomic E-state index is 0.00811. The molecule has 0 aliphatic carbocycles. The van der Waals surface area contributed by atoms with Gasteiger partial charge in [-0.15, -0.1) is 0 Å². The lowest BCUT2D eigenvalue weighted by Crippen LogP contribution is -2.73. The number of rotatable bonds is 11. The molecule has 0 unspecified atom stereocenters. The average molecular weight is 588 g/mol. The van der Waals surface area contributed by atoms with Gasteiger partial charge in [0.15, 0.2) is 0 Å². The Morgan fingerprint density at radius 2 is 1.86 bits per heavy atom. The Morgan fingerprint density at radius 1 is 1.11 bits per heavy atom. The van der Waals surface area contributed by atoms with E-state index in [-0.39, 0.29) is 10.8 Å². The van der Waals surface area contributed by atoms with Crippen LogP contribution in [0.1, 0.15) is 73.3 Å². The van der Waals surface area contributed by atoms with Crippen LogP contribution in [-0.4, -0.2) is 19.0 Å². The van der Waals surface area contributed by atoms with Gasteiger partial charge in [-0.1, -0.05) is 138 Å². The summed E-state index contributed by atoms with van der Waals surface area (Å²) < 4.78 is 0. The van der Waals surface area contributed by atoms with Gasteiger partial charge in [-0.2, -0.15) is 0 Å². The molecular weight excluding hydrogens is 532 g/mol. The first-order valence-electron chi connectivity index (χ1n) is 16.1. The minimum Gasteiger partial charge on any atom is -0.354 e. The molecule has 2 nitrogen and oxygen atoms in total. The first-order valence-corrected chi connectivity index (χ1v) is 16.1. The molecule has 0 bridgehead atoms. The SMILES string of the molecule is C=C\C=C/C1=C/C=C/N(C)/C(=C/C=C(/C=C(C)/C=C/CC(C)(C)c2c([NH2+]C)ccc3ccccc23)CCC)C(C)(C)\C(C)=C\1. The summed E-state index contributed by atoms with van der Waals surface area (Å²) in [6.45, 7) is 19.9. The molecule has 0 aromatic heterocycles. The van der Waals surface area contributed by atoms with Crippen LogP contribution in [0.2, 0.25) is 0 Å². The topological polar surface area (TPSA) is 19.9 Å². The second-order valence-electron chi connectivity index (χ2n) is 13.1. The van der Waals surface area contributed by atoms with Crippen LogP contribution < -0.4 is 5.32 Å². The highest BCUT2D eigenvalue weighted by molar-refractivity contribution is 5.89. The Bertz CT molecular complexity index is 1560. The van der Waals surface area contributed by atoms with Crippen molar-refractivity contribution in [2.75, 3.05) is 14.1 Å². The molecule has 0 amide bonds. The molecule has 1 heterocycles. The number of allylic oxidation sites excluding steroid dienone is 15. The van der Waals surface area contributed by atoms with Gasteiger partial charge in [0.1, 0.15) is 5.69 Å². The first-order chi connectivity index (χ1) is 20.9. The van der Waals surface area contributed by atoms with E-state index < -0.39 is 0 Å². The van der Waals surface area contributed by atoms with E-state index in [2.05, 4.69) is 177 Å². The van der Waals surface area contributed by atoms with Crippen LogP contribution in [0.25, 0.3) is 10.8 Å². The maximum atomic E-state index is 3.82. The summed E-state index contributed by atoms with van der Waals surface area (Å²) in [6, 6.07) is 13.3. The highest BCUT2D eigenvalue weighted by Crippen LogP contribution is 2.39. The first kappa shape index (κ1) is 34.6. The average Bonchev–Trinajstić information content (AvgIpc) is 3.01. The number of nitrogens with two attached hydrogens (primary N) is 1. The molecule has 2 N–H and O–H groups in total. The number of benzene rings is 2. The van der Waals surface area contributed by atoms with E-state index in [1.54, 1.807) is 0 Å². The monoisotopic (exact) mass is 587 g/mol. The van der Waals surface area contributed by atoms with E-state index in [1.165, 1.54) is 50.0 Å². The van der Waals surface area contributed by atoms with Crippen LogP contribution in [0.5, 0.6) is 0 Å². The largest absolute Gasteiger partial charge is 0.354 e. The fourth-order valence-electron chi connectivity index (χ4n) is 6.04. The van der Waals surface area contributed by atoms with E-state index in [0.29, 0.717) is 0 Å². The molecule has 1 aliphatic heterocycles. The minimum atomic E-state index is -0.140. The van der Waals surface area contributed by atoms with Crippen molar-refractivity contribution in [2.45, 2.75) is 73.1 Å². The van der Waals surface area contributed by atoms with Gasteiger partial charge < -0.3 is 10.2 Å². The molecule has 232 valence electrons. The lowest BCUT2D eigenvalue weighted by Gasteiger charge is -2.34. The van der Waals surface area contributed by atoms with Crippen LogP contribution >= 0.6 is 0 Å². The second kappa shape index (κ2) is 15.7. The Morgan fingerprint density at radius 3 is 2.57 bits per heavy atom. The van der Waals surface area contributed by atoms with Crippen LogP contribution in [0, 0.1) is 5.41 Å².